The topological polar surface area (TPSA) is 80.8 Å². The van der Waals surface area contributed by atoms with E-state index in [2.05, 4.69) is 0 Å². The molecule has 1 atom stereocenters. The Labute approximate surface area is 123 Å². The number of hydrogen-bond donors (Lipinski definition) is 0. The second-order valence-corrected chi connectivity index (χ2v) is 7.90. The predicted octanol–water partition coefficient (Wildman–Crippen LogP) is 1.14. The summed E-state index contributed by atoms with van der Waals surface area (Å²) < 4.78 is 66.0. The Balaban J connectivity index is 2.35. The van der Waals surface area contributed by atoms with Crippen LogP contribution in [-0.4, -0.2) is 46.9 Å². The summed E-state index contributed by atoms with van der Waals surface area (Å²) in [6, 6.07) is 3.84. The Bertz CT molecular complexity index is 700. The van der Waals surface area contributed by atoms with Crippen LogP contribution in [0.25, 0.3) is 0 Å². The number of hydrogen-bond acceptors (Lipinski definition) is 5. The zero-order chi connectivity index (χ0) is 15.7. The average Bonchev–Trinajstić information content (AvgIpc) is 2.46. The van der Waals surface area contributed by atoms with Gasteiger partial charge in [-0.2, -0.15) is 12.7 Å². The Morgan fingerprint density at radius 1 is 1.19 bits per heavy atom. The van der Waals surface area contributed by atoms with E-state index in [1.54, 1.807) is 0 Å². The lowest BCUT2D eigenvalue weighted by atomic mass is 10.2. The first-order chi connectivity index (χ1) is 9.76. The monoisotopic (exact) mass is 337 g/mol. The molecule has 0 N–H and O–H groups in total. The second-order valence-electron chi connectivity index (χ2n) is 4.66. The molecule has 1 aliphatic rings. The highest BCUT2D eigenvalue weighted by molar-refractivity contribution is 7.89. The number of rotatable bonds is 4. The fraction of sp³-hybridized carbons (Fsp3) is 0.500. The van der Waals surface area contributed by atoms with E-state index in [0.717, 1.165) is 24.3 Å². The molecular formula is C12H16FNO5S2. The lowest BCUT2D eigenvalue weighted by molar-refractivity contribution is 0.0314. The van der Waals surface area contributed by atoms with Gasteiger partial charge in [-0.3, -0.25) is 0 Å². The molecule has 0 bridgehead atoms. The van der Waals surface area contributed by atoms with Crippen molar-refractivity contribution < 1.29 is 25.5 Å². The maximum Gasteiger partial charge on any atom is 0.332 e. The van der Waals surface area contributed by atoms with E-state index >= 15 is 0 Å². The fourth-order valence-corrected chi connectivity index (χ4v) is 4.32. The molecule has 21 heavy (non-hydrogen) atoms. The normalized spacial score (nSPS) is 21.3. The van der Waals surface area contributed by atoms with Crippen molar-refractivity contribution in [2.24, 2.45) is 0 Å². The van der Waals surface area contributed by atoms with Crippen molar-refractivity contribution in [3.8, 4) is 0 Å². The minimum absolute atomic E-state index is 0.0600. The summed E-state index contributed by atoms with van der Waals surface area (Å²) in [6.45, 7) is 2.74. The zero-order valence-corrected chi connectivity index (χ0v) is 13.0. The van der Waals surface area contributed by atoms with E-state index in [1.807, 2.05) is 6.92 Å². The first kappa shape index (κ1) is 16.3. The summed E-state index contributed by atoms with van der Waals surface area (Å²) >= 11 is 0. The number of ether oxygens (including phenoxy) is 1. The average molecular weight is 337 g/mol. The van der Waals surface area contributed by atoms with Crippen LogP contribution in [0.1, 0.15) is 13.3 Å². The van der Waals surface area contributed by atoms with Crippen LogP contribution in [0.3, 0.4) is 0 Å². The number of nitrogens with zero attached hydrogens (tertiary/aromatic N) is 1. The largest absolute Gasteiger partial charge is 0.378 e. The van der Waals surface area contributed by atoms with Gasteiger partial charge in [0.15, 0.2) is 0 Å². The quantitative estimate of drug-likeness (QED) is 0.770. The van der Waals surface area contributed by atoms with Gasteiger partial charge in [0.05, 0.1) is 23.0 Å². The van der Waals surface area contributed by atoms with E-state index < -0.39 is 25.1 Å². The Hall–Kier alpha value is -1.03. The van der Waals surface area contributed by atoms with Crippen molar-refractivity contribution in [3.63, 3.8) is 0 Å². The van der Waals surface area contributed by atoms with Crippen LogP contribution < -0.4 is 0 Å². The van der Waals surface area contributed by atoms with Gasteiger partial charge in [-0.15, -0.1) is 3.89 Å². The minimum Gasteiger partial charge on any atom is -0.378 e. The first-order valence-electron chi connectivity index (χ1n) is 6.41. The van der Waals surface area contributed by atoms with Crippen molar-refractivity contribution in [1.29, 1.82) is 0 Å². The fourth-order valence-electron chi connectivity index (χ4n) is 2.19. The SMILES string of the molecule is CCC1COCCN1S(=O)(=O)c1ccc(S(=O)(=O)F)cc1. The number of benzene rings is 1. The third-order valence-corrected chi connectivity index (χ3v) is 6.16. The summed E-state index contributed by atoms with van der Waals surface area (Å²) in [4.78, 5) is -0.620. The highest BCUT2D eigenvalue weighted by atomic mass is 32.3. The smallest absolute Gasteiger partial charge is 0.332 e. The van der Waals surface area contributed by atoms with Gasteiger partial charge in [-0.05, 0) is 30.7 Å². The molecule has 1 saturated heterocycles. The van der Waals surface area contributed by atoms with Gasteiger partial charge < -0.3 is 4.74 Å². The lowest BCUT2D eigenvalue weighted by Crippen LogP contribution is -2.48. The molecule has 118 valence electrons. The van der Waals surface area contributed by atoms with Crippen LogP contribution >= 0.6 is 0 Å². The van der Waals surface area contributed by atoms with Gasteiger partial charge in [0, 0.05) is 12.6 Å². The van der Waals surface area contributed by atoms with E-state index in [0.29, 0.717) is 19.6 Å². The Morgan fingerprint density at radius 3 is 2.29 bits per heavy atom. The molecular weight excluding hydrogens is 321 g/mol. The van der Waals surface area contributed by atoms with Gasteiger partial charge >= 0.3 is 10.2 Å². The number of halogens is 1. The molecule has 0 saturated carbocycles. The summed E-state index contributed by atoms with van der Waals surface area (Å²) in [5.74, 6) is 0. The van der Waals surface area contributed by atoms with Gasteiger partial charge in [-0.25, -0.2) is 8.42 Å². The molecule has 1 fully saturated rings. The zero-order valence-electron chi connectivity index (χ0n) is 11.4. The van der Waals surface area contributed by atoms with E-state index in [-0.39, 0.29) is 17.5 Å². The van der Waals surface area contributed by atoms with Crippen LogP contribution in [-0.2, 0) is 25.0 Å². The van der Waals surface area contributed by atoms with Gasteiger partial charge in [0.1, 0.15) is 0 Å². The molecule has 1 aliphatic heterocycles. The number of sulfonamides is 1. The van der Waals surface area contributed by atoms with Crippen molar-refractivity contribution in [3.05, 3.63) is 24.3 Å². The molecule has 9 heteroatoms. The van der Waals surface area contributed by atoms with Crippen molar-refractivity contribution >= 4 is 20.2 Å². The van der Waals surface area contributed by atoms with Crippen molar-refractivity contribution in [1.82, 2.24) is 4.31 Å². The third kappa shape index (κ3) is 3.42. The maximum absolute atomic E-state index is 12.8. The van der Waals surface area contributed by atoms with Crippen molar-refractivity contribution in [2.45, 2.75) is 29.2 Å². The first-order valence-corrected chi connectivity index (χ1v) is 9.23. The van der Waals surface area contributed by atoms with Crippen molar-refractivity contribution in [2.75, 3.05) is 19.8 Å². The number of morpholine rings is 1. The van der Waals surface area contributed by atoms with Crippen LogP contribution in [0.15, 0.2) is 34.1 Å². The standard InChI is InChI=1S/C12H16FNO5S2/c1-2-10-9-19-8-7-14(10)21(17,18)12-5-3-11(4-6-12)20(13,15)16/h3-6,10H,2,7-9H2,1H3. The van der Waals surface area contributed by atoms with Gasteiger partial charge in [-0.1, -0.05) is 6.92 Å². The molecule has 1 heterocycles. The molecule has 0 amide bonds. The highest BCUT2D eigenvalue weighted by Gasteiger charge is 2.33. The van der Waals surface area contributed by atoms with Crippen LogP contribution in [0.2, 0.25) is 0 Å². The molecule has 0 radical (unpaired) electrons. The second kappa shape index (κ2) is 5.99. The van der Waals surface area contributed by atoms with E-state index in [9.17, 15) is 20.7 Å². The molecule has 1 unspecified atom stereocenters. The maximum atomic E-state index is 12.8. The van der Waals surface area contributed by atoms with Crippen LogP contribution in [0, 0.1) is 0 Å². The molecule has 0 aromatic heterocycles. The van der Waals surface area contributed by atoms with Crippen LogP contribution in [0.4, 0.5) is 3.89 Å². The Morgan fingerprint density at radius 2 is 1.76 bits per heavy atom. The highest BCUT2D eigenvalue weighted by Crippen LogP contribution is 2.23. The lowest BCUT2D eigenvalue weighted by Gasteiger charge is -2.33. The van der Waals surface area contributed by atoms with E-state index in [4.69, 9.17) is 4.74 Å². The summed E-state index contributed by atoms with van der Waals surface area (Å²) in [5.41, 5.74) is 0. The molecule has 6 nitrogen and oxygen atoms in total. The predicted molar refractivity (Wildman–Crippen MR) is 73.5 cm³/mol. The molecule has 0 spiro atoms. The molecule has 2 rings (SSSR count). The van der Waals surface area contributed by atoms with Crippen LogP contribution in [0.5, 0.6) is 0 Å². The summed E-state index contributed by atoms with van der Waals surface area (Å²) in [7, 11) is -8.58. The minimum atomic E-state index is -4.83. The summed E-state index contributed by atoms with van der Waals surface area (Å²) in [6.07, 6.45) is 0.607. The van der Waals surface area contributed by atoms with E-state index in [1.165, 1.54) is 4.31 Å². The van der Waals surface area contributed by atoms with Gasteiger partial charge in [0.2, 0.25) is 10.0 Å². The molecule has 0 aliphatic carbocycles. The third-order valence-electron chi connectivity index (χ3n) is 3.36. The Kier molecular flexibility index (Phi) is 4.66. The molecule has 1 aromatic carbocycles. The summed E-state index contributed by atoms with van der Waals surface area (Å²) in [5, 5.41) is 0. The van der Waals surface area contributed by atoms with Gasteiger partial charge in [0.25, 0.3) is 0 Å². The molecule has 1 aromatic rings.